The van der Waals surface area contributed by atoms with Gasteiger partial charge in [-0.15, -0.1) is 0 Å². The lowest BCUT2D eigenvalue weighted by Gasteiger charge is -2.40. The van der Waals surface area contributed by atoms with E-state index in [0.29, 0.717) is 41.9 Å². The predicted octanol–water partition coefficient (Wildman–Crippen LogP) is 2.28. The van der Waals surface area contributed by atoms with E-state index in [-0.39, 0.29) is 18.8 Å². The minimum Gasteiger partial charge on any atom is -0.462 e. The van der Waals surface area contributed by atoms with Crippen molar-refractivity contribution in [3.8, 4) is 0 Å². The molecule has 25 heavy (non-hydrogen) atoms. The predicted molar refractivity (Wildman–Crippen MR) is 91.2 cm³/mol. The van der Waals surface area contributed by atoms with Crippen molar-refractivity contribution in [2.45, 2.75) is 13.8 Å². The van der Waals surface area contributed by atoms with Crippen molar-refractivity contribution >= 4 is 22.6 Å². The second-order valence-electron chi connectivity index (χ2n) is 6.39. The maximum Gasteiger partial charge on any atom is 0.341 e. The molecule has 7 heteroatoms. The van der Waals surface area contributed by atoms with Gasteiger partial charge in [-0.05, 0) is 31.5 Å². The first kappa shape index (κ1) is 17.6. The van der Waals surface area contributed by atoms with E-state index in [0.717, 1.165) is 0 Å². The molecule has 0 bridgehead atoms. The van der Waals surface area contributed by atoms with Crippen LogP contribution in [0.15, 0.2) is 18.3 Å². The third-order valence-electron chi connectivity index (χ3n) is 4.41. The van der Waals surface area contributed by atoms with Crippen molar-refractivity contribution in [1.29, 1.82) is 0 Å². The Balaban J connectivity index is 2.06. The highest BCUT2D eigenvalue weighted by Crippen LogP contribution is 2.32. The molecule has 1 aromatic carbocycles. The largest absolute Gasteiger partial charge is 0.462 e. The zero-order chi connectivity index (χ0) is 18.0. The molecule has 2 heterocycles. The van der Waals surface area contributed by atoms with Gasteiger partial charge in [-0.2, -0.15) is 0 Å². The molecular formula is C18H21FN2O4. The number of aliphatic hydroxyl groups is 1. The molecule has 134 valence electrons. The van der Waals surface area contributed by atoms with E-state index in [1.807, 2.05) is 0 Å². The number of hydrogen-bond acceptors (Lipinski definition) is 6. The van der Waals surface area contributed by atoms with Gasteiger partial charge < -0.3 is 19.9 Å². The number of pyridine rings is 1. The van der Waals surface area contributed by atoms with Gasteiger partial charge in [0.1, 0.15) is 11.4 Å². The summed E-state index contributed by atoms with van der Waals surface area (Å²) in [6.07, 6.45) is 1.44. The molecule has 0 radical (unpaired) electrons. The number of anilines is 1. The van der Waals surface area contributed by atoms with E-state index < -0.39 is 17.2 Å². The number of halogens is 1. The summed E-state index contributed by atoms with van der Waals surface area (Å²) >= 11 is 0. The number of carbonyl (C=O) groups excluding carboxylic acids is 1. The molecule has 3 rings (SSSR count). The molecule has 2 N–H and O–H groups in total. The van der Waals surface area contributed by atoms with Gasteiger partial charge in [0.05, 0.1) is 43.0 Å². The Labute approximate surface area is 145 Å². The van der Waals surface area contributed by atoms with Crippen molar-refractivity contribution in [1.82, 2.24) is 4.98 Å². The lowest BCUT2D eigenvalue weighted by atomic mass is 9.87. The van der Waals surface area contributed by atoms with Gasteiger partial charge in [0.25, 0.3) is 0 Å². The Kier molecular flexibility index (Phi) is 4.87. The standard InChI is InChI=1S/C18H21FN2O4/c1-3-25-17(23)14-6-20-15-11(2)4-12(19)5-13(15)16(14)21-7-18(8-22)9-24-10-18/h4-6,22H,3,7-10H2,1-2H3,(H,20,21). The molecule has 1 aliphatic heterocycles. The van der Waals surface area contributed by atoms with Crippen LogP contribution in [0.2, 0.25) is 0 Å². The summed E-state index contributed by atoms with van der Waals surface area (Å²) in [5.74, 6) is -0.927. The van der Waals surface area contributed by atoms with Gasteiger partial charge >= 0.3 is 5.97 Å². The van der Waals surface area contributed by atoms with Crippen LogP contribution in [0.1, 0.15) is 22.8 Å². The monoisotopic (exact) mass is 348 g/mol. The van der Waals surface area contributed by atoms with E-state index in [4.69, 9.17) is 9.47 Å². The third-order valence-corrected chi connectivity index (χ3v) is 4.41. The Hall–Kier alpha value is -2.25. The number of nitrogens with zero attached hydrogens (tertiary/aromatic N) is 1. The Bertz CT molecular complexity index is 800. The lowest BCUT2D eigenvalue weighted by Crippen LogP contribution is -2.50. The summed E-state index contributed by atoms with van der Waals surface area (Å²) < 4.78 is 24.2. The lowest BCUT2D eigenvalue weighted by molar-refractivity contribution is -0.128. The molecule has 1 aliphatic rings. The van der Waals surface area contributed by atoms with Crippen LogP contribution in [0, 0.1) is 18.2 Å². The molecule has 0 saturated carbocycles. The van der Waals surface area contributed by atoms with Crippen LogP contribution in [0.4, 0.5) is 10.1 Å². The molecule has 0 amide bonds. The van der Waals surface area contributed by atoms with E-state index in [1.54, 1.807) is 13.8 Å². The SMILES string of the molecule is CCOC(=O)c1cnc2c(C)cc(F)cc2c1NCC1(CO)COC1. The summed E-state index contributed by atoms with van der Waals surface area (Å²) in [6.45, 7) is 4.93. The van der Waals surface area contributed by atoms with E-state index in [2.05, 4.69) is 10.3 Å². The fraction of sp³-hybridized carbons (Fsp3) is 0.444. The van der Waals surface area contributed by atoms with Crippen LogP contribution in [0.25, 0.3) is 10.9 Å². The Morgan fingerprint density at radius 3 is 2.84 bits per heavy atom. The fourth-order valence-electron chi connectivity index (χ4n) is 2.91. The van der Waals surface area contributed by atoms with Crippen molar-refractivity contribution < 1.29 is 23.8 Å². The van der Waals surface area contributed by atoms with E-state index in [1.165, 1.54) is 18.3 Å². The molecule has 0 atom stereocenters. The van der Waals surface area contributed by atoms with Crippen molar-refractivity contribution in [3.63, 3.8) is 0 Å². The van der Waals surface area contributed by atoms with Crippen LogP contribution in [0.3, 0.4) is 0 Å². The molecule has 0 aliphatic carbocycles. The van der Waals surface area contributed by atoms with Crippen LogP contribution >= 0.6 is 0 Å². The molecule has 1 saturated heterocycles. The number of fused-ring (bicyclic) bond motifs is 1. The smallest absolute Gasteiger partial charge is 0.341 e. The number of hydrogen-bond donors (Lipinski definition) is 2. The normalized spacial score (nSPS) is 15.7. The minimum absolute atomic E-state index is 0.0366. The van der Waals surface area contributed by atoms with Gasteiger partial charge in [0.2, 0.25) is 0 Å². The first-order valence-corrected chi connectivity index (χ1v) is 8.18. The zero-order valence-corrected chi connectivity index (χ0v) is 14.3. The molecule has 0 unspecified atom stereocenters. The van der Waals surface area contributed by atoms with Gasteiger partial charge in [0.15, 0.2) is 0 Å². The molecular weight excluding hydrogens is 327 g/mol. The van der Waals surface area contributed by atoms with Crippen molar-refractivity contribution in [2.24, 2.45) is 5.41 Å². The summed E-state index contributed by atoms with van der Waals surface area (Å²) in [7, 11) is 0. The highest BCUT2D eigenvalue weighted by atomic mass is 19.1. The fourth-order valence-corrected chi connectivity index (χ4v) is 2.91. The highest BCUT2D eigenvalue weighted by molar-refractivity contribution is 6.05. The first-order chi connectivity index (χ1) is 12.0. The topological polar surface area (TPSA) is 80.7 Å². The Morgan fingerprint density at radius 1 is 1.48 bits per heavy atom. The van der Waals surface area contributed by atoms with Crippen LogP contribution in [-0.4, -0.2) is 49.0 Å². The number of aromatic nitrogens is 1. The van der Waals surface area contributed by atoms with Crippen molar-refractivity contribution in [3.05, 3.63) is 35.3 Å². The Morgan fingerprint density at radius 2 is 2.24 bits per heavy atom. The average Bonchev–Trinajstić information content (AvgIpc) is 2.54. The van der Waals surface area contributed by atoms with E-state index in [9.17, 15) is 14.3 Å². The first-order valence-electron chi connectivity index (χ1n) is 8.18. The second-order valence-corrected chi connectivity index (χ2v) is 6.39. The summed E-state index contributed by atoms with van der Waals surface area (Å²) in [6, 6.07) is 2.75. The second kappa shape index (κ2) is 6.93. The highest BCUT2D eigenvalue weighted by Gasteiger charge is 2.38. The summed E-state index contributed by atoms with van der Waals surface area (Å²) in [4.78, 5) is 16.6. The number of carbonyl (C=O) groups is 1. The number of nitrogens with one attached hydrogen (secondary N) is 1. The molecule has 1 aromatic heterocycles. The average molecular weight is 348 g/mol. The molecule has 6 nitrogen and oxygen atoms in total. The maximum absolute atomic E-state index is 13.9. The molecule has 1 fully saturated rings. The zero-order valence-electron chi connectivity index (χ0n) is 14.3. The number of ether oxygens (including phenoxy) is 2. The summed E-state index contributed by atoms with van der Waals surface area (Å²) in [5, 5.41) is 13.3. The van der Waals surface area contributed by atoms with Crippen LogP contribution in [0.5, 0.6) is 0 Å². The maximum atomic E-state index is 13.9. The molecule has 0 spiro atoms. The molecule has 2 aromatic rings. The van der Waals surface area contributed by atoms with Crippen LogP contribution < -0.4 is 5.32 Å². The van der Waals surface area contributed by atoms with Gasteiger partial charge in [0, 0.05) is 18.1 Å². The van der Waals surface area contributed by atoms with E-state index >= 15 is 0 Å². The summed E-state index contributed by atoms with van der Waals surface area (Å²) in [5.41, 5.74) is 1.60. The van der Waals surface area contributed by atoms with Crippen LogP contribution in [-0.2, 0) is 9.47 Å². The number of rotatable bonds is 6. The number of benzene rings is 1. The number of aryl methyl sites for hydroxylation is 1. The number of esters is 1. The third kappa shape index (κ3) is 3.29. The van der Waals surface area contributed by atoms with Gasteiger partial charge in [-0.25, -0.2) is 9.18 Å². The minimum atomic E-state index is -0.524. The number of aliphatic hydroxyl groups excluding tert-OH is 1. The van der Waals surface area contributed by atoms with Gasteiger partial charge in [-0.3, -0.25) is 4.98 Å². The van der Waals surface area contributed by atoms with Crippen molar-refractivity contribution in [2.75, 3.05) is 38.3 Å². The quantitative estimate of drug-likeness (QED) is 0.780. The van der Waals surface area contributed by atoms with Gasteiger partial charge in [-0.1, -0.05) is 0 Å².